The normalized spacial score (nSPS) is 15.2. The topological polar surface area (TPSA) is 30.7 Å². The van der Waals surface area contributed by atoms with E-state index in [0.29, 0.717) is 11.4 Å². The maximum absolute atomic E-state index is 12.7. The van der Waals surface area contributed by atoms with Gasteiger partial charge in [-0.3, -0.25) is 4.98 Å². The van der Waals surface area contributed by atoms with Crippen LogP contribution in [-0.4, -0.2) is 14.5 Å². The summed E-state index contributed by atoms with van der Waals surface area (Å²) in [5.74, 6) is 0.588. The number of imidazole rings is 1. The van der Waals surface area contributed by atoms with E-state index in [1.54, 1.807) is 6.07 Å². The Bertz CT molecular complexity index is 644. The van der Waals surface area contributed by atoms with Crippen molar-refractivity contribution >= 4 is 0 Å². The summed E-state index contributed by atoms with van der Waals surface area (Å²) in [7, 11) is 1.86. The molecule has 6 heteroatoms. The Hall–Kier alpha value is -1.85. The Balaban J connectivity index is 2.08. The zero-order chi connectivity index (χ0) is 14.3. The summed E-state index contributed by atoms with van der Waals surface area (Å²) in [6, 6.07) is 2.64. The van der Waals surface area contributed by atoms with Crippen molar-refractivity contribution in [2.45, 2.75) is 31.9 Å². The maximum atomic E-state index is 12.7. The Kier molecular flexibility index (Phi) is 3.03. The highest BCUT2D eigenvalue weighted by molar-refractivity contribution is 5.57. The lowest BCUT2D eigenvalue weighted by atomic mass is 10.0. The molecule has 2 aromatic heterocycles. The average molecular weight is 281 g/mol. The average Bonchev–Trinajstić information content (AvgIpc) is 2.76. The molecule has 1 aliphatic rings. The molecule has 3 rings (SSSR count). The third-order valence-corrected chi connectivity index (χ3v) is 3.68. The van der Waals surface area contributed by atoms with Crippen LogP contribution in [0.1, 0.15) is 29.9 Å². The smallest absolute Gasteiger partial charge is 0.331 e. The summed E-state index contributed by atoms with van der Waals surface area (Å²) >= 11 is 0. The van der Waals surface area contributed by atoms with E-state index in [4.69, 9.17) is 0 Å². The van der Waals surface area contributed by atoms with Gasteiger partial charge in [0.05, 0.1) is 5.69 Å². The fourth-order valence-corrected chi connectivity index (χ4v) is 2.67. The van der Waals surface area contributed by atoms with Crippen LogP contribution in [-0.2, 0) is 26.1 Å². The molecule has 0 saturated heterocycles. The first-order valence-electron chi connectivity index (χ1n) is 6.55. The second-order valence-corrected chi connectivity index (χ2v) is 5.02. The molecule has 0 bridgehead atoms. The quantitative estimate of drug-likeness (QED) is 0.802. The van der Waals surface area contributed by atoms with Crippen LogP contribution >= 0.6 is 0 Å². The molecule has 0 unspecified atom stereocenters. The molecule has 20 heavy (non-hydrogen) atoms. The van der Waals surface area contributed by atoms with E-state index in [2.05, 4.69) is 9.97 Å². The predicted octanol–water partition coefficient (Wildman–Crippen LogP) is 3.38. The number of alkyl halides is 3. The van der Waals surface area contributed by atoms with Gasteiger partial charge in [-0.2, -0.15) is 13.2 Å². The number of fused-ring (bicyclic) bond motifs is 1. The maximum Gasteiger partial charge on any atom is 0.433 e. The minimum Gasteiger partial charge on any atom is -0.331 e. The van der Waals surface area contributed by atoms with Gasteiger partial charge in [-0.1, -0.05) is 0 Å². The molecule has 3 nitrogen and oxygen atoms in total. The van der Waals surface area contributed by atoms with Gasteiger partial charge >= 0.3 is 6.18 Å². The lowest BCUT2D eigenvalue weighted by Gasteiger charge is -2.11. The molecule has 0 aromatic carbocycles. The molecular formula is C14H14F3N3. The molecule has 0 saturated carbocycles. The SMILES string of the molecule is Cn1c(-c2ccnc(C(F)(F)F)c2)nc2c1CCCC2. The number of hydrogen-bond donors (Lipinski definition) is 0. The standard InChI is InChI=1S/C14H14F3N3/c1-20-11-5-3-2-4-10(11)19-13(20)9-6-7-18-12(8-9)14(15,16)17/h6-8H,2-5H2,1H3. The number of pyridine rings is 1. The van der Waals surface area contributed by atoms with E-state index in [-0.39, 0.29) is 0 Å². The van der Waals surface area contributed by atoms with Crippen LogP contribution in [0.4, 0.5) is 13.2 Å². The molecule has 0 radical (unpaired) electrons. The zero-order valence-corrected chi connectivity index (χ0v) is 11.0. The highest BCUT2D eigenvalue weighted by atomic mass is 19.4. The lowest BCUT2D eigenvalue weighted by Crippen LogP contribution is -2.08. The molecule has 0 N–H and O–H groups in total. The highest BCUT2D eigenvalue weighted by Gasteiger charge is 2.33. The van der Waals surface area contributed by atoms with Crippen molar-refractivity contribution < 1.29 is 13.2 Å². The van der Waals surface area contributed by atoms with Crippen molar-refractivity contribution in [2.24, 2.45) is 7.05 Å². The van der Waals surface area contributed by atoms with E-state index in [1.807, 2.05) is 11.6 Å². The number of aromatic nitrogens is 3. The Labute approximate surface area is 114 Å². The molecule has 2 aromatic rings. The van der Waals surface area contributed by atoms with Gasteiger partial charge in [0, 0.05) is 24.5 Å². The molecule has 1 aliphatic carbocycles. The summed E-state index contributed by atoms with van der Waals surface area (Å²) in [5, 5.41) is 0. The number of hydrogen-bond acceptors (Lipinski definition) is 2. The Morgan fingerprint density at radius 1 is 1.20 bits per heavy atom. The van der Waals surface area contributed by atoms with Crippen LogP contribution in [0.2, 0.25) is 0 Å². The largest absolute Gasteiger partial charge is 0.433 e. The van der Waals surface area contributed by atoms with Crippen LogP contribution in [0.3, 0.4) is 0 Å². The highest BCUT2D eigenvalue weighted by Crippen LogP contribution is 2.31. The molecule has 0 fully saturated rings. The summed E-state index contributed by atoms with van der Waals surface area (Å²) < 4.78 is 40.1. The van der Waals surface area contributed by atoms with Gasteiger partial charge in [0.25, 0.3) is 0 Å². The monoisotopic (exact) mass is 281 g/mol. The third-order valence-electron chi connectivity index (χ3n) is 3.68. The number of aryl methyl sites for hydroxylation is 1. The summed E-state index contributed by atoms with van der Waals surface area (Å²) in [5.41, 5.74) is 1.73. The van der Waals surface area contributed by atoms with Crippen LogP contribution in [0.15, 0.2) is 18.3 Å². The van der Waals surface area contributed by atoms with Crippen molar-refractivity contribution in [1.29, 1.82) is 0 Å². The fraction of sp³-hybridized carbons (Fsp3) is 0.429. The van der Waals surface area contributed by atoms with Crippen LogP contribution in [0.25, 0.3) is 11.4 Å². The van der Waals surface area contributed by atoms with Crippen molar-refractivity contribution in [1.82, 2.24) is 14.5 Å². The van der Waals surface area contributed by atoms with Gasteiger partial charge in [0.1, 0.15) is 11.5 Å². The minimum atomic E-state index is -4.43. The summed E-state index contributed by atoms with van der Waals surface area (Å²) in [4.78, 5) is 7.90. The summed E-state index contributed by atoms with van der Waals surface area (Å²) in [6.07, 6.45) is 0.798. The molecular weight excluding hydrogens is 267 g/mol. The van der Waals surface area contributed by atoms with E-state index < -0.39 is 11.9 Å². The van der Waals surface area contributed by atoms with Gasteiger partial charge in [0.2, 0.25) is 0 Å². The number of halogens is 3. The lowest BCUT2D eigenvalue weighted by molar-refractivity contribution is -0.141. The Morgan fingerprint density at radius 2 is 1.95 bits per heavy atom. The molecule has 0 aliphatic heterocycles. The molecule has 0 spiro atoms. The van der Waals surface area contributed by atoms with E-state index in [9.17, 15) is 13.2 Å². The van der Waals surface area contributed by atoms with E-state index >= 15 is 0 Å². The fourth-order valence-electron chi connectivity index (χ4n) is 2.67. The first-order chi connectivity index (χ1) is 9.47. The molecule has 0 amide bonds. The second kappa shape index (κ2) is 4.61. The predicted molar refractivity (Wildman–Crippen MR) is 68.1 cm³/mol. The van der Waals surface area contributed by atoms with Gasteiger partial charge in [-0.25, -0.2) is 4.98 Å². The molecule has 106 valence electrons. The van der Waals surface area contributed by atoms with Crippen LogP contribution in [0, 0.1) is 0 Å². The minimum absolute atomic E-state index is 0.462. The van der Waals surface area contributed by atoms with Crippen molar-refractivity contribution in [3.63, 3.8) is 0 Å². The Morgan fingerprint density at radius 3 is 2.65 bits per heavy atom. The van der Waals surface area contributed by atoms with Crippen molar-refractivity contribution in [3.8, 4) is 11.4 Å². The van der Waals surface area contributed by atoms with Gasteiger partial charge in [0.15, 0.2) is 0 Å². The summed E-state index contributed by atoms with van der Waals surface area (Å²) in [6.45, 7) is 0. The number of nitrogens with zero attached hydrogens (tertiary/aromatic N) is 3. The first-order valence-corrected chi connectivity index (χ1v) is 6.55. The first kappa shape index (κ1) is 13.1. The van der Waals surface area contributed by atoms with Gasteiger partial charge < -0.3 is 4.57 Å². The van der Waals surface area contributed by atoms with Crippen molar-refractivity contribution in [3.05, 3.63) is 35.4 Å². The van der Waals surface area contributed by atoms with Gasteiger partial charge in [-0.15, -0.1) is 0 Å². The third kappa shape index (κ3) is 2.19. The second-order valence-electron chi connectivity index (χ2n) is 5.02. The number of rotatable bonds is 1. The molecule has 0 atom stereocenters. The zero-order valence-electron chi connectivity index (χ0n) is 11.0. The van der Waals surface area contributed by atoms with Crippen molar-refractivity contribution in [2.75, 3.05) is 0 Å². The van der Waals surface area contributed by atoms with Crippen LogP contribution < -0.4 is 0 Å². The molecule has 2 heterocycles. The van der Waals surface area contributed by atoms with Crippen LogP contribution in [0.5, 0.6) is 0 Å². The van der Waals surface area contributed by atoms with Gasteiger partial charge in [-0.05, 0) is 37.8 Å². The van der Waals surface area contributed by atoms with E-state index in [0.717, 1.165) is 43.1 Å². The van der Waals surface area contributed by atoms with E-state index in [1.165, 1.54) is 6.20 Å².